The molecule has 0 aliphatic carbocycles. The van der Waals surface area contributed by atoms with E-state index in [9.17, 15) is 23.1 Å². The number of carbonyl (C=O) groups is 1. The molecule has 0 unspecified atom stereocenters. The molecule has 1 atom stereocenters. The first kappa shape index (κ1) is 23.1. The number of nitrogens with one attached hydrogen (secondary N) is 1. The number of amides is 1. The molecule has 9 heteroatoms. The Hall–Kier alpha value is -3.69. The highest BCUT2D eigenvalue weighted by molar-refractivity contribution is 7.05. The molecule has 0 aliphatic rings. The largest absolute Gasteiger partial charge is 0.416 e. The third-order valence-corrected chi connectivity index (χ3v) is 6.74. The molecule has 0 fully saturated rings. The van der Waals surface area contributed by atoms with Crippen LogP contribution >= 0.6 is 11.5 Å². The van der Waals surface area contributed by atoms with Crippen molar-refractivity contribution in [3.05, 3.63) is 94.9 Å². The van der Waals surface area contributed by atoms with E-state index in [4.69, 9.17) is 0 Å². The van der Waals surface area contributed by atoms with Crippen LogP contribution in [0.2, 0.25) is 0 Å². The Morgan fingerprint density at radius 3 is 2.37 bits per heavy atom. The van der Waals surface area contributed by atoms with Gasteiger partial charge in [-0.25, -0.2) is 0 Å². The van der Waals surface area contributed by atoms with Crippen LogP contribution in [0, 0.1) is 0 Å². The molecule has 0 saturated heterocycles. The van der Waals surface area contributed by atoms with E-state index in [1.165, 1.54) is 23.7 Å². The minimum atomic E-state index is -4.42. The summed E-state index contributed by atoms with van der Waals surface area (Å²) < 4.78 is 45.3. The average Bonchev–Trinajstić information content (AvgIpc) is 3.44. The van der Waals surface area contributed by atoms with Gasteiger partial charge in [0.2, 0.25) is 0 Å². The second-order valence-corrected chi connectivity index (χ2v) is 9.10. The van der Waals surface area contributed by atoms with E-state index in [1.807, 2.05) is 35.7 Å². The SMILES string of the molecule is C[C@](CO)(NC(=O)c1ccc2c(c1)c1csnc1n2-c1ccc(C(F)(F)F)cc1)c1ccccc1. The fourth-order valence-electron chi connectivity index (χ4n) is 4.17. The number of aliphatic hydroxyl groups excluding tert-OH is 1. The van der Waals surface area contributed by atoms with Gasteiger partial charge in [0.15, 0.2) is 5.65 Å². The van der Waals surface area contributed by atoms with Crippen molar-refractivity contribution in [1.82, 2.24) is 14.3 Å². The Morgan fingerprint density at radius 2 is 1.71 bits per heavy atom. The Balaban J connectivity index is 1.55. The van der Waals surface area contributed by atoms with Crippen molar-refractivity contribution >= 4 is 39.4 Å². The van der Waals surface area contributed by atoms with Crippen molar-refractivity contribution in [2.75, 3.05) is 6.61 Å². The quantitative estimate of drug-likeness (QED) is 0.319. The highest BCUT2D eigenvalue weighted by atomic mass is 32.1. The molecule has 0 bridgehead atoms. The Labute approximate surface area is 202 Å². The van der Waals surface area contributed by atoms with Gasteiger partial charge in [0.1, 0.15) is 0 Å². The molecule has 35 heavy (non-hydrogen) atoms. The number of halogens is 3. The maximum Gasteiger partial charge on any atom is 0.416 e. The van der Waals surface area contributed by atoms with Crippen molar-refractivity contribution in [3.63, 3.8) is 0 Å². The first-order chi connectivity index (χ1) is 16.7. The Kier molecular flexibility index (Phi) is 5.61. The van der Waals surface area contributed by atoms with Gasteiger partial charge in [-0.15, -0.1) is 0 Å². The summed E-state index contributed by atoms with van der Waals surface area (Å²) in [7, 11) is 0. The van der Waals surface area contributed by atoms with E-state index in [1.54, 1.807) is 29.7 Å². The van der Waals surface area contributed by atoms with E-state index in [0.717, 1.165) is 34.0 Å². The Morgan fingerprint density at radius 1 is 1.00 bits per heavy atom. The van der Waals surface area contributed by atoms with Crippen LogP contribution in [0.4, 0.5) is 13.2 Å². The van der Waals surface area contributed by atoms with Crippen LogP contribution in [-0.4, -0.2) is 26.6 Å². The lowest BCUT2D eigenvalue weighted by molar-refractivity contribution is -0.137. The maximum absolute atomic E-state index is 13.2. The van der Waals surface area contributed by atoms with E-state index < -0.39 is 17.3 Å². The van der Waals surface area contributed by atoms with Gasteiger partial charge >= 0.3 is 6.18 Å². The molecule has 0 saturated carbocycles. The average molecular weight is 496 g/mol. The number of carbonyl (C=O) groups excluding carboxylic acids is 1. The standard InChI is InChI=1S/C26H20F3N3O2S/c1-25(15-33,17-5-3-2-4-6-17)30-24(34)16-7-12-22-20(13-16)21-14-35-31-23(21)32(22)19-10-8-18(9-11-19)26(27,28)29/h2-14,33H,15H2,1H3,(H,30,34)/t25-/m1/s1. The highest BCUT2D eigenvalue weighted by Gasteiger charge is 2.31. The molecule has 2 N–H and O–H groups in total. The lowest BCUT2D eigenvalue weighted by atomic mass is 9.92. The fraction of sp³-hybridized carbons (Fsp3) is 0.154. The molecule has 0 aliphatic heterocycles. The van der Waals surface area contributed by atoms with Crippen molar-refractivity contribution in [1.29, 1.82) is 0 Å². The zero-order valence-electron chi connectivity index (χ0n) is 18.5. The summed E-state index contributed by atoms with van der Waals surface area (Å²) in [4.78, 5) is 13.2. The normalized spacial score (nSPS) is 13.7. The van der Waals surface area contributed by atoms with E-state index in [-0.39, 0.29) is 12.5 Å². The van der Waals surface area contributed by atoms with Crippen LogP contribution < -0.4 is 5.32 Å². The molecular weight excluding hydrogens is 475 g/mol. The van der Waals surface area contributed by atoms with Crippen molar-refractivity contribution in [2.24, 2.45) is 0 Å². The monoisotopic (exact) mass is 495 g/mol. The molecule has 5 aromatic rings. The van der Waals surface area contributed by atoms with E-state index >= 15 is 0 Å². The molecule has 5 rings (SSSR count). The van der Waals surface area contributed by atoms with Crippen molar-refractivity contribution in [2.45, 2.75) is 18.6 Å². The van der Waals surface area contributed by atoms with Gasteiger partial charge in [-0.2, -0.15) is 17.5 Å². The number of alkyl halides is 3. The third-order valence-electron chi connectivity index (χ3n) is 6.12. The minimum Gasteiger partial charge on any atom is -0.394 e. The number of aliphatic hydroxyl groups is 1. The molecule has 3 aromatic carbocycles. The maximum atomic E-state index is 13.2. The van der Waals surface area contributed by atoms with Gasteiger partial charge in [-0.1, -0.05) is 30.3 Å². The summed E-state index contributed by atoms with van der Waals surface area (Å²) in [5.74, 6) is -0.356. The first-order valence-electron chi connectivity index (χ1n) is 10.8. The number of fused-ring (bicyclic) bond motifs is 3. The van der Waals surface area contributed by atoms with Crippen LogP contribution in [0.3, 0.4) is 0 Å². The van der Waals surface area contributed by atoms with Gasteiger partial charge in [0, 0.05) is 27.4 Å². The third kappa shape index (κ3) is 4.06. The number of hydrogen-bond donors (Lipinski definition) is 2. The molecule has 2 aromatic heterocycles. The summed E-state index contributed by atoms with van der Waals surface area (Å²) >= 11 is 1.23. The highest BCUT2D eigenvalue weighted by Crippen LogP contribution is 2.35. The number of benzene rings is 3. The minimum absolute atomic E-state index is 0.284. The summed E-state index contributed by atoms with van der Waals surface area (Å²) in [6.45, 7) is 1.47. The molecule has 2 heterocycles. The topological polar surface area (TPSA) is 67.2 Å². The second-order valence-electron chi connectivity index (χ2n) is 8.47. The van der Waals surface area contributed by atoms with Gasteiger partial charge in [-0.3, -0.25) is 9.36 Å². The molecule has 0 spiro atoms. The number of rotatable bonds is 5. The van der Waals surface area contributed by atoms with Crippen molar-refractivity contribution in [3.8, 4) is 5.69 Å². The number of nitrogens with zero attached hydrogens (tertiary/aromatic N) is 2. The fourth-order valence-corrected chi connectivity index (χ4v) is 4.84. The lowest BCUT2D eigenvalue weighted by Crippen LogP contribution is -2.46. The molecular formula is C26H20F3N3O2S. The van der Waals surface area contributed by atoms with Crippen LogP contribution in [0.5, 0.6) is 0 Å². The van der Waals surface area contributed by atoms with Gasteiger partial charge < -0.3 is 10.4 Å². The second kappa shape index (κ2) is 8.51. The van der Waals surface area contributed by atoms with Crippen LogP contribution in [0.15, 0.2) is 78.2 Å². The smallest absolute Gasteiger partial charge is 0.394 e. The lowest BCUT2D eigenvalue weighted by Gasteiger charge is -2.29. The molecule has 0 radical (unpaired) electrons. The summed E-state index contributed by atoms with van der Waals surface area (Å²) in [6, 6.07) is 19.3. The molecule has 5 nitrogen and oxygen atoms in total. The van der Waals surface area contributed by atoms with Crippen LogP contribution in [0.25, 0.3) is 27.6 Å². The van der Waals surface area contributed by atoms with Crippen molar-refractivity contribution < 1.29 is 23.1 Å². The van der Waals surface area contributed by atoms with Crippen LogP contribution in [-0.2, 0) is 11.7 Å². The van der Waals surface area contributed by atoms with Crippen LogP contribution in [0.1, 0.15) is 28.4 Å². The van der Waals surface area contributed by atoms with Gasteiger partial charge in [0.25, 0.3) is 5.91 Å². The number of hydrogen-bond acceptors (Lipinski definition) is 4. The summed E-state index contributed by atoms with van der Waals surface area (Å²) in [6.07, 6.45) is -4.42. The van der Waals surface area contributed by atoms with E-state index in [0.29, 0.717) is 16.9 Å². The predicted octanol–water partition coefficient (Wildman–Crippen LogP) is 5.90. The number of aromatic nitrogens is 2. The van der Waals surface area contributed by atoms with Gasteiger partial charge in [-0.05, 0) is 66.5 Å². The summed E-state index contributed by atoms with van der Waals surface area (Å²) in [5, 5.41) is 16.4. The van der Waals surface area contributed by atoms with Gasteiger partial charge in [0.05, 0.1) is 23.2 Å². The predicted molar refractivity (Wildman–Crippen MR) is 130 cm³/mol. The first-order valence-corrected chi connectivity index (χ1v) is 11.6. The zero-order chi connectivity index (χ0) is 24.8. The molecule has 178 valence electrons. The molecule has 1 amide bonds. The van der Waals surface area contributed by atoms with E-state index in [2.05, 4.69) is 9.69 Å². The summed E-state index contributed by atoms with van der Waals surface area (Å²) in [5.41, 5.74) is 1.33. The Bertz CT molecular complexity index is 1530. The zero-order valence-corrected chi connectivity index (χ0v) is 19.3.